The van der Waals surface area contributed by atoms with E-state index in [0.717, 1.165) is 45.3 Å². The van der Waals surface area contributed by atoms with Gasteiger partial charge in [0.15, 0.2) is 0 Å². The van der Waals surface area contributed by atoms with E-state index in [0.29, 0.717) is 13.0 Å². The van der Waals surface area contributed by atoms with Crippen molar-refractivity contribution in [2.75, 3.05) is 26.2 Å². The highest BCUT2D eigenvalue weighted by atomic mass is 16.6. The van der Waals surface area contributed by atoms with E-state index in [2.05, 4.69) is 5.32 Å². The molecule has 1 rings (SSSR count). The van der Waals surface area contributed by atoms with Crippen LogP contribution in [0.2, 0.25) is 0 Å². The van der Waals surface area contributed by atoms with Crippen LogP contribution in [0.4, 0.5) is 4.79 Å². The van der Waals surface area contributed by atoms with Crippen LogP contribution in [0.1, 0.15) is 59.8 Å². The minimum absolute atomic E-state index is 0.151. The van der Waals surface area contributed by atoms with Crippen LogP contribution in [0.5, 0.6) is 0 Å². The number of piperidine rings is 1. The third-order valence-corrected chi connectivity index (χ3v) is 3.67. The molecule has 0 aromatic rings. The zero-order chi connectivity index (χ0) is 17.3. The third kappa shape index (κ3) is 8.21. The lowest BCUT2D eigenvalue weighted by Crippen LogP contribution is -2.50. The van der Waals surface area contributed by atoms with E-state index in [4.69, 9.17) is 9.47 Å². The third-order valence-electron chi connectivity index (χ3n) is 3.67. The second kappa shape index (κ2) is 9.75. The molecule has 0 spiro atoms. The fraction of sp³-hybridized carbons (Fsp3) is 0.882. The Morgan fingerprint density at radius 3 is 2.65 bits per heavy atom. The van der Waals surface area contributed by atoms with Crippen LogP contribution in [0.15, 0.2) is 0 Å². The lowest BCUT2D eigenvalue weighted by atomic mass is 10.0. The summed E-state index contributed by atoms with van der Waals surface area (Å²) >= 11 is 0. The summed E-state index contributed by atoms with van der Waals surface area (Å²) in [4.78, 5) is 25.4. The summed E-state index contributed by atoms with van der Waals surface area (Å²) in [5.74, 6) is -0.151. The van der Waals surface area contributed by atoms with Gasteiger partial charge in [-0.1, -0.05) is 0 Å². The maximum absolute atomic E-state index is 12.3. The van der Waals surface area contributed by atoms with E-state index >= 15 is 0 Å². The fourth-order valence-corrected chi connectivity index (χ4v) is 2.63. The molecule has 1 heterocycles. The van der Waals surface area contributed by atoms with Crippen LogP contribution in [0.3, 0.4) is 0 Å². The van der Waals surface area contributed by atoms with E-state index < -0.39 is 5.60 Å². The number of amides is 1. The summed E-state index contributed by atoms with van der Waals surface area (Å²) in [5, 5.41) is 3.34. The molecule has 6 heteroatoms. The fourth-order valence-electron chi connectivity index (χ4n) is 2.63. The smallest absolute Gasteiger partial charge is 0.410 e. The van der Waals surface area contributed by atoms with Crippen molar-refractivity contribution in [2.24, 2.45) is 0 Å². The Balaban J connectivity index is 2.32. The molecule has 23 heavy (non-hydrogen) atoms. The van der Waals surface area contributed by atoms with Crippen molar-refractivity contribution >= 4 is 12.1 Å². The number of carbonyl (C=O) groups excluding carboxylic acids is 2. The van der Waals surface area contributed by atoms with Gasteiger partial charge in [-0.25, -0.2) is 4.79 Å². The van der Waals surface area contributed by atoms with Gasteiger partial charge >= 0.3 is 12.1 Å². The number of esters is 1. The Kier molecular flexibility index (Phi) is 8.37. The Morgan fingerprint density at radius 1 is 1.26 bits per heavy atom. The van der Waals surface area contributed by atoms with Crippen LogP contribution in [0, 0.1) is 0 Å². The predicted octanol–water partition coefficient (Wildman–Crippen LogP) is 2.71. The molecule has 1 aliphatic rings. The van der Waals surface area contributed by atoms with Gasteiger partial charge in [-0.2, -0.15) is 0 Å². The quantitative estimate of drug-likeness (QED) is 0.575. The molecule has 134 valence electrons. The number of ether oxygens (including phenoxy) is 2. The minimum atomic E-state index is -0.466. The van der Waals surface area contributed by atoms with Gasteiger partial charge in [0.2, 0.25) is 0 Å². The van der Waals surface area contributed by atoms with Crippen LogP contribution < -0.4 is 5.32 Å². The van der Waals surface area contributed by atoms with Gasteiger partial charge in [-0.05, 0) is 59.9 Å². The van der Waals surface area contributed by atoms with Gasteiger partial charge in [0.25, 0.3) is 0 Å². The number of nitrogens with zero attached hydrogens (tertiary/aromatic N) is 1. The SMILES string of the molecule is CCOC(=O)CCCNCC1CCCCN1C(=O)OC(C)(C)C. The molecule has 1 N–H and O–H groups in total. The van der Waals surface area contributed by atoms with E-state index in [1.165, 1.54) is 0 Å². The molecule has 6 nitrogen and oxygen atoms in total. The summed E-state index contributed by atoms with van der Waals surface area (Å²) in [6.07, 6.45) is 4.10. The summed E-state index contributed by atoms with van der Waals surface area (Å²) in [7, 11) is 0. The zero-order valence-corrected chi connectivity index (χ0v) is 15.0. The molecule has 0 saturated carbocycles. The van der Waals surface area contributed by atoms with Crippen molar-refractivity contribution in [3.63, 3.8) is 0 Å². The van der Waals surface area contributed by atoms with Gasteiger partial charge in [-0.3, -0.25) is 4.79 Å². The average Bonchev–Trinajstić information content (AvgIpc) is 2.46. The monoisotopic (exact) mass is 328 g/mol. The summed E-state index contributed by atoms with van der Waals surface area (Å²) in [5.41, 5.74) is -0.466. The molecular formula is C17H32N2O4. The summed E-state index contributed by atoms with van der Waals surface area (Å²) in [6.45, 7) is 10.1. The van der Waals surface area contributed by atoms with Gasteiger partial charge in [0.05, 0.1) is 6.61 Å². The topological polar surface area (TPSA) is 67.9 Å². The van der Waals surface area contributed by atoms with Crippen molar-refractivity contribution in [1.29, 1.82) is 0 Å². The maximum Gasteiger partial charge on any atom is 0.410 e. The van der Waals surface area contributed by atoms with E-state index in [-0.39, 0.29) is 18.1 Å². The first-order chi connectivity index (χ1) is 10.8. The molecule has 1 fully saturated rings. The minimum Gasteiger partial charge on any atom is -0.466 e. The number of rotatable bonds is 7. The van der Waals surface area contributed by atoms with Crippen LogP contribution in [-0.2, 0) is 14.3 Å². The number of likely N-dealkylation sites (tertiary alicyclic amines) is 1. The standard InChI is InChI=1S/C17H32N2O4/c1-5-22-15(20)10-8-11-18-13-14-9-6-7-12-19(14)16(21)23-17(2,3)4/h14,18H,5-13H2,1-4H3. The first-order valence-corrected chi connectivity index (χ1v) is 8.69. The zero-order valence-electron chi connectivity index (χ0n) is 15.0. The highest BCUT2D eigenvalue weighted by Crippen LogP contribution is 2.20. The highest BCUT2D eigenvalue weighted by Gasteiger charge is 2.30. The molecule has 0 aromatic carbocycles. The first-order valence-electron chi connectivity index (χ1n) is 8.69. The van der Waals surface area contributed by atoms with Gasteiger partial charge < -0.3 is 19.7 Å². The lowest BCUT2D eigenvalue weighted by Gasteiger charge is -2.37. The molecular weight excluding hydrogens is 296 g/mol. The number of hydrogen-bond acceptors (Lipinski definition) is 5. The van der Waals surface area contributed by atoms with Crippen LogP contribution >= 0.6 is 0 Å². The second-order valence-corrected chi connectivity index (χ2v) is 6.94. The molecule has 1 amide bonds. The average molecular weight is 328 g/mol. The Morgan fingerprint density at radius 2 is 2.00 bits per heavy atom. The Bertz CT molecular complexity index is 379. The van der Waals surface area contributed by atoms with Gasteiger partial charge in [0.1, 0.15) is 5.60 Å². The first kappa shape index (κ1) is 19.7. The highest BCUT2D eigenvalue weighted by molar-refractivity contribution is 5.69. The van der Waals surface area contributed by atoms with E-state index in [9.17, 15) is 9.59 Å². The summed E-state index contributed by atoms with van der Waals surface area (Å²) in [6, 6.07) is 0.168. The van der Waals surface area contributed by atoms with Crippen molar-refractivity contribution in [2.45, 2.75) is 71.4 Å². The Hall–Kier alpha value is -1.30. The molecule has 1 atom stereocenters. The second-order valence-electron chi connectivity index (χ2n) is 6.94. The van der Waals surface area contributed by atoms with Crippen LogP contribution in [-0.4, -0.2) is 54.8 Å². The normalized spacial score (nSPS) is 18.6. The molecule has 0 bridgehead atoms. The van der Waals surface area contributed by atoms with Crippen molar-refractivity contribution in [1.82, 2.24) is 10.2 Å². The lowest BCUT2D eigenvalue weighted by molar-refractivity contribution is -0.143. The molecule has 0 radical (unpaired) electrons. The van der Waals surface area contributed by atoms with E-state index in [1.54, 1.807) is 0 Å². The van der Waals surface area contributed by atoms with Crippen LogP contribution in [0.25, 0.3) is 0 Å². The number of carbonyl (C=O) groups is 2. The molecule has 0 aromatic heterocycles. The molecule has 1 saturated heterocycles. The maximum atomic E-state index is 12.3. The molecule has 0 aliphatic carbocycles. The van der Waals surface area contributed by atoms with Crippen molar-refractivity contribution in [3.05, 3.63) is 0 Å². The van der Waals surface area contributed by atoms with Crippen molar-refractivity contribution < 1.29 is 19.1 Å². The predicted molar refractivity (Wildman–Crippen MR) is 89.3 cm³/mol. The van der Waals surface area contributed by atoms with E-state index in [1.807, 2.05) is 32.6 Å². The Labute approximate surface area is 139 Å². The van der Waals surface area contributed by atoms with Gasteiger partial charge in [0, 0.05) is 25.6 Å². The molecule has 1 unspecified atom stereocenters. The van der Waals surface area contributed by atoms with Gasteiger partial charge in [-0.15, -0.1) is 0 Å². The molecule has 1 aliphatic heterocycles. The van der Waals surface area contributed by atoms with Crippen molar-refractivity contribution in [3.8, 4) is 0 Å². The summed E-state index contributed by atoms with van der Waals surface area (Å²) < 4.78 is 10.4. The largest absolute Gasteiger partial charge is 0.466 e. The number of hydrogen-bond donors (Lipinski definition) is 1. The number of nitrogens with one attached hydrogen (secondary N) is 1.